The highest BCUT2D eigenvalue weighted by Gasteiger charge is 2.22. The Hall–Kier alpha value is -1.47. The summed E-state index contributed by atoms with van der Waals surface area (Å²) in [7, 11) is 0. The molecule has 0 heterocycles. The minimum atomic E-state index is 0.415. The number of anilines is 1. The Labute approximate surface area is 113 Å². The van der Waals surface area contributed by atoms with Crippen LogP contribution in [0, 0.1) is 6.92 Å². The Balaban J connectivity index is 1.89. The van der Waals surface area contributed by atoms with Gasteiger partial charge in [0.05, 0.1) is 6.04 Å². The van der Waals surface area contributed by atoms with E-state index in [-0.39, 0.29) is 0 Å². The lowest BCUT2D eigenvalue weighted by atomic mass is 10.1. The molecule has 0 aliphatic heterocycles. The number of hydrogen-bond donors (Lipinski definition) is 1. The Bertz CT molecular complexity index is 577. The van der Waals surface area contributed by atoms with Crippen LogP contribution in [0.1, 0.15) is 29.2 Å². The van der Waals surface area contributed by atoms with Crippen molar-refractivity contribution in [1.29, 1.82) is 0 Å². The van der Waals surface area contributed by atoms with E-state index in [0.717, 1.165) is 29.1 Å². The molecule has 0 radical (unpaired) electrons. The normalized spacial score (nSPS) is 17.6. The van der Waals surface area contributed by atoms with E-state index >= 15 is 0 Å². The average Bonchev–Trinajstić information content (AvgIpc) is 2.79. The third-order valence-electron chi connectivity index (χ3n) is 3.73. The molecule has 3 rings (SSSR count). The largest absolute Gasteiger partial charge is 0.378 e. The number of rotatable bonds is 2. The second kappa shape index (κ2) is 4.66. The molecule has 2 aromatic carbocycles. The highest BCUT2D eigenvalue weighted by molar-refractivity contribution is 6.31. The predicted molar refractivity (Wildman–Crippen MR) is 77.3 cm³/mol. The van der Waals surface area contributed by atoms with Crippen LogP contribution in [0.3, 0.4) is 0 Å². The van der Waals surface area contributed by atoms with E-state index in [1.54, 1.807) is 0 Å². The molecule has 2 heteroatoms. The molecule has 1 atom stereocenters. The van der Waals surface area contributed by atoms with Crippen molar-refractivity contribution in [2.75, 3.05) is 5.32 Å². The maximum Gasteiger partial charge on any atom is 0.0519 e. The lowest BCUT2D eigenvalue weighted by Crippen LogP contribution is -2.08. The molecule has 1 aliphatic rings. The number of fused-ring (bicyclic) bond motifs is 1. The van der Waals surface area contributed by atoms with Gasteiger partial charge in [-0.3, -0.25) is 0 Å². The molecule has 0 saturated heterocycles. The highest BCUT2D eigenvalue weighted by atomic mass is 35.5. The molecule has 1 aliphatic carbocycles. The van der Waals surface area contributed by atoms with E-state index in [9.17, 15) is 0 Å². The second-order valence-corrected chi connectivity index (χ2v) is 5.25. The van der Waals surface area contributed by atoms with Crippen molar-refractivity contribution in [1.82, 2.24) is 0 Å². The van der Waals surface area contributed by atoms with Crippen LogP contribution < -0.4 is 5.32 Å². The van der Waals surface area contributed by atoms with Crippen molar-refractivity contribution in [2.45, 2.75) is 25.8 Å². The van der Waals surface area contributed by atoms with Gasteiger partial charge in [0.2, 0.25) is 0 Å². The molecule has 92 valence electrons. The molecule has 0 bridgehead atoms. The number of halogens is 1. The smallest absolute Gasteiger partial charge is 0.0519 e. The summed E-state index contributed by atoms with van der Waals surface area (Å²) in [5, 5.41) is 4.45. The molecular formula is C16H16ClN. The lowest BCUT2D eigenvalue weighted by molar-refractivity contribution is 0.761. The quantitative estimate of drug-likeness (QED) is 0.819. The van der Waals surface area contributed by atoms with E-state index in [1.807, 2.05) is 12.1 Å². The minimum absolute atomic E-state index is 0.415. The summed E-state index contributed by atoms with van der Waals surface area (Å²) in [5.74, 6) is 0. The van der Waals surface area contributed by atoms with E-state index in [4.69, 9.17) is 11.6 Å². The van der Waals surface area contributed by atoms with Crippen molar-refractivity contribution in [3.8, 4) is 0 Å². The van der Waals surface area contributed by atoms with Gasteiger partial charge in [0.15, 0.2) is 0 Å². The monoisotopic (exact) mass is 257 g/mol. The first-order valence-corrected chi connectivity index (χ1v) is 6.73. The van der Waals surface area contributed by atoms with Gasteiger partial charge in [0, 0.05) is 10.7 Å². The fraction of sp³-hybridized carbons (Fsp3) is 0.250. The summed E-state index contributed by atoms with van der Waals surface area (Å²) in [4.78, 5) is 0. The van der Waals surface area contributed by atoms with Gasteiger partial charge in [-0.2, -0.15) is 0 Å². The Morgan fingerprint density at radius 3 is 2.83 bits per heavy atom. The summed E-state index contributed by atoms with van der Waals surface area (Å²) in [6.45, 7) is 2.06. The van der Waals surface area contributed by atoms with Gasteiger partial charge < -0.3 is 5.32 Å². The number of nitrogens with one attached hydrogen (secondary N) is 1. The van der Waals surface area contributed by atoms with Crippen molar-refractivity contribution in [3.05, 3.63) is 64.2 Å². The van der Waals surface area contributed by atoms with Crippen molar-refractivity contribution >= 4 is 17.3 Å². The van der Waals surface area contributed by atoms with E-state index in [2.05, 4.69) is 42.6 Å². The predicted octanol–water partition coefficient (Wildman–Crippen LogP) is 4.75. The van der Waals surface area contributed by atoms with Gasteiger partial charge in [0.1, 0.15) is 0 Å². The van der Waals surface area contributed by atoms with Crippen LogP contribution in [0.5, 0.6) is 0 Å². The molecule has 18 heavy (non-hydrogen) atoms. The third-order valence-corrected chi connectivity index (χ3v) is 4.14. The number of benzene rings is 2. The van der Waals surface area contributed by atoms with Gasteiger partial charge >= 0.3 is 0 Å². The van der Waals surface area contributed by atoms with Gasteiger partial charge in [-0.1, -0.05) is 41.9 Å². The number of aryl methyl sites for hydroxylation is 1. The summed E-state index contributed by atoms with van der Waals surface area (Å²) in [6.07, 6.45) is 2.32. The molecular weight excluding hydrogens is 242 g/mol. The lowest BCUT2D eigenvalue weighted by Gasteiger charge is -2.17. The summed E-state index contributed by atoms with van der Waals surface area (Å²) >= 11 is 6.16. The molecule has 2 aromatic rings. The first-order chi connectivity index (χ1) is 8.75. The average molecular weight is 258 g/mol. The SMILES string of the molecule is Cc1c(Cl)cccc1NC1CCc2ccccc21. The molecule has 0 amide bonds. The zero-order valence-corrected chi connectivity index (χ0v) is 11.2. The molecule has 1 nitrogen and oxygen atoms in total. The van der Waals surface area contributed by atoms with Crippen LogP contribution in [0.2, 0.25) is 5.02 Å². The van der Waals surface area contributed by atoms with E-state index < -0.39 is 0 Å². The van der Waals surface area contributed by atoms with Crippen molar-refractivity contribution < 1.29 is 0 Å². The fourth-order valence-electron chi connectivity index (χ4n) is 2.66. The summed E-state index contributed by atoms with van der Waals surface area (Å²) in [5.41, 5.74) is 5.17. The van der Waals surface area contributed by atoms with Crippen LogP contribution in [-0.2, 0) is 6.42 Å². The second-order valence-electron chi connectivity index (χ2n) is 4.85. The van der Waals surface area contributed by atoms with Crippen LogP contribution >= 0.6 is 11.6 Å². The standard InChI is InChI=1S/C16H16ClN/c1-11-14(17)7-4-8-15(11)18-16-10-9-12-5-2-3-6-13(12)16/h2-8,16,18H,9-10H2,1H3. The zero-order valence-electron chi connectivity index (χ0n) is 10.4. The van der Waals surface area contributed by atoms with Gasteiger partial charge in [-0.15, -0.1) is 0 Å². The van der Waals surface area contributed by atoms with Gasteiger partial charge in [-0.25, -0.2) is 0 Å². The van der Waals surface area contributed by atoms with Crippen LogP contribution in [0.4, 0.5) is 5.69 Å². The molecule has 1 unspecified atom stereocenters. The number of hydrogen-bond acceptors (Lipinski definition) is 1. The van der Waals surface area contributed by atoms with Crippen LogP contribution in [-0.4, -0.2) is 0 Å². The van der Waals surface area contributed by atoms with E-state index in [0.29, 0.717) is 6.04 Å². The molecule has 1 N–H and O–H groups in total. The third kappa shape index (κ3) is 1.99. The summed E-state index contributed by atoms with van der Waals surface area (Å²) in [6, 6.07) is 15.1. The van der Waals surface area contributed by atoms with Gasteiger partial charge in [-0.05, 0) is 48.6 Å². The topological polar surface area (TPSA) is 12.0 Å². The first kappa shape index (κ1) is 11.6. The Morgan fingerprint density at radius 1 is 1.11 bits per heavy atom. The Morgan fingerprint density at radius 2 is 1.94 bits per heavy atom. The first-order valence-electron chi connectivity index (χ1n) is 6.35. The van der Waals surface area contributed by atoms with Crippen LogP contribution in [0.15, 0.2) is 42.5 Å². The van der Waals surface area contributed by atoms with Crippen molar-refractivity contribution in [2.24, 2.45) is 0 Å². The summed E-state index contributed by atoms with van der Waals surface area (Å²) < 4.78 is 0. The molecule has 0 fully saturated rings. The minimum Gasteiger partial charge on any atom is -0.378 e. The fourth-order valence-corrected chi connectivity index (χ4v) is 2.83. The molecule has 0 spiro atoms. The zero-order chi connectivity index (χ0) is 12.5. The van der Waals surface area contributed by atoms with E-state index in [1.165, 1.54) is 11.1 Å². The molecule has 0 aromatic heterocycles. The maximum absolute atomic E-state index is 6.16. The maximum atomic E-state index is 6.16. The van der Waals surface area contributed by atoms with Crippen molar-refractivity contribution in [3.63, 3.8) is 0 Å². The van der Waals surface area contributed by atoms with Gasteiger partial charge in [0.25, 0.3) is 0 Å². The van der Waals surface area contributed by atoms with Crippen LogP contribution in [0.25, 0.3) is 0 Å². The Kier molecular flexibility index (Phi) is 3.00. The highest BCUT2D eigenvalue weighted by Crippen LogP contribution is 2.35. The molecule has 0 saturated carbocycles.